The van der Waals surface area contributed by atoms with Gasteiger partial charge in [0.1, 0.15) is 0 Å². The van der Waals surface area contributed by atoms with Gasteiger partial charge in [0.25, 0.3) is 0 Å². The van der Waals surface area contributed by atoms with Gasteiger partial charge in [-0.25, -0.2) is 4.98 Å². The van der Waals surface area contributed by atoms with Gasteiger partial charge in [0.2, 0.25) is 0 Å². The summed E-state index contributed by atoms with van der Waals surface area (Å²) in [4.78, 5) is 3.93. The zero-order valence-electron chi connectivity index (χ0n) is 7.95. The van der Waals surface area contributed by atoms with Crippen molar-refractivity contribution >= 4 is 17.2 Å². The van der Waals surface area contributed by atoms with Crippen LogP contribution in [0.3, 0.4) is 0 Å². The molecular weight excluding hydrogens is 228 g/mol. The van der Waals surface area contributed by atoms with Crippen LogP contribution < -0.4 is 0 Å². The Morgan fingerprint density at radius 2 is 2.06 bits per heavy atom. The summed E-state index contributed by atoms with van der Waals surface area (Å²) in [6, 6.07) is 1.80. The molecule has 6 nitrogen and oxygen atoms in total. The van der Waals surface area contributed by atoms with Gasteiger partial charge >= 0.3 is 0 Å². The molecule has 0 bridgehead atoms. The fourth-order valence-corrected chi connectivity index (χ4v) is 1.60. The number of nitrogens with zero attached hydrogens (tertiary/aromatic N) is 6. The summed E-state index contributed by atoms with van der Waals surface area (Å²) in [5.74, 6) is 0.661. The SMILES string of the molecule is Clc1nccn2c(-c3ccnnc3)nnc12. The van der Waals surface area contributed by atoms with Crippen LogP contribution in [0.2, 0.25) is 5.15 Å². The minimum atomic E-state index is 0.322. The highest BCUT2D eigenvalue weighted by atomic mass is 35.5. The van der Waals surface area contributed by atoms with Crippen LogP contribution in [-0.2, 0) is 0 Å². The summed E-state index contributed by atoms with van der Waals surface area (Å²) in [6.07, 6.45) is 6.55. The lowest BCUT2D eigenvalue weighted by atomic mass is 10.3. The van der Waals surface area contributed by atoms with E-state index in [-0.39, 0.29) is 0 Å². The van der Waals surface area contributed by atoms with Crippen molar-refractivity contribution in [1.29, 1.82) is 0 Å². The van der Waals surface area contributed by atoms with Crippen LogP contribution in [0.25, 0.3) is 17.0 Å². The molecule has 16 heavy (non-hydrogen) atoms. The largest absolute Gasteiger partial charge is 0.278 e. The molecule has 0 aliphatic carbocycles. The topological polar surface area (TPSA) is 68.9 Å². The van der Waals surface area contributed by atoms with Crippen molar-refractivity contribution in [2.75, 3.05) is 0 Å². The minimum absolute atomic E-state index is 0.322. The highest BCUT2D eigenvalue weighted by Crippen LogP contribution is 2.19. The lowest BCUT2D eigenvalue weighted by Crippen LogP contribution is -1.91. The summed E-state index contributed by atoms with van der Waals surface area (Å²) in [7, 11) is 0. The third-order valence-electron chi connectivity index (χ3n) is 2.13. The molecule has 3 heterocycles. The number of hydrogen-bond donors (Lipinski definition) is 0. The Morgan fingerprint density at radius 3 is 2.88 bits per heavy atom. The maximum Gasteiger partial charge on any atom is 0.198 e. The fraction of sp³-hybridized carbons (Fsp3) is 0. The van der Waals surface area contributed by atoms with Crippen molar-refractivity contribution < 1.29 is 0 Å². The maximum atomic E-state index is 5.90. The van der Waals surface area contributed by atoms with Gasteiger partial charge in [-0.05, 0) is 6.07 Å². The number of fused-ring (bicyclic) bond motifs is 1. The van der Waals surface area contributed by atoms with Gasteiger partial charge in [-0.3, -0.25) is 4.40 Å². The maximum absolute atomic E-state index is 5.90. The Kier molecular flexibility index (Phi) is 2.00. The lowest BCUT2D eigenvalue weighted by molar-refractivity contribution is 1.02. The van der Waals surface area contributed by atoms with Crippen LogP contribution in [0.1, 0.15) is 0 Å². The predicted octanol–water partition coefficient (Wildman–Crippen LogP) is 1.23. The molecular formula is C9H5ClN6. The van der Waals surface area contributed by atoms with E-state index in [0.29, 0.717) is 16.6 Å². The zero-order chi connectivity index (χ0) is 11.0. The van der Waals surface area contributed by atoms with Crippen molar-refractivity contribution in [3.05, 3.63) is 36.0 Å². The second kappa shape index (κ2) is 3.49. The van der Waals surface area contributed by atoms with Gasteiger partial charge in [-0.1, -0.05) is 11.6 Å². The zero-order valence-corrected chi connectivity index (χ0v) is 8.70. The fourth-order valence-electron chi connectivity index (χ4n) is 1.42. The Bertz CT molecular complexity index is 635. The first-order valence-electron chi connectivity index (χ1n) is 4.48. The molecule has 0 atom stereocenters. The van der Waals surface area contributed by atoms with Crippen molar-refractivity contribution in [2.24, 2.45) is 0 Å². The molecule has 0 saturated heterocycles. The minimum Gasteiger partial charge on any atom is -0.278 e. The van der Waals surface area contributed by atoms with E-state index in [1.165, 1.54) is 0 Å². The van der Waals surface area contributed by atoms with Crippen LogP contribution >= 0.6 is 11.6 Å². The van der Waals surface area contributed by atoms with E-state index in [2.05, 4.69) is 25.4 Å². The molecule has 0 N–H and O–H groups in total. The Balaban J connectivity index is 2.30. The van der Waals surface area contributed by atoms with Crippen molar-refractivity contribution in [3.63, 3.8) is 0 Å². The molecule has 0 aliphatic rings. The summed E-state index contributed by atoms with van der Waals surface area (Å²) in [5.41, 5.74) is 1.35. The van der Waals surface area contributed by atoms with Gasteiger partial charge in [-0.2, -0.15) is 10.2 Å². The number of hydrogen-bond acceptors (Lipinski definition) is 5. The molecule has 78 valence electrons. The average molecular weight is 233 g/mol. The van der Waals surface area contributed by atoms with E-state index >= 15 is 0 Å². The molecule has 3 rings (SSSR count). The number of rotatable bonds is 1. The Hall–Kier alpha value is -2.08. The van der Waals surface area contributed by atoms with E-state index in [9.17, 15) is 0 Å². The third-order valence-corrected chi connectivity index (χ3v) is 2.39. The highest BCUT2D eigenvalue weighted by Gasteiger charge is 2.10. The normalized spacial score (nSPS) is 10.8. The average Bonchev–Trinajstić information content (AvgIpc) is 2.75. The highest BCUT2D eigenvalue weighted by molar-refractivity contribution is 6.32. The van der Waals surface area contributed by atoms with Gasteiger partial charge in [0.05, 0.1) is 12.4 Å². The first-order chi connectivity index (χ1) is 7.86. The van der Waals surface area contributed by atoms with Crippen LogP contribution in [0.4, 0.5) is 0 Å². The summed E-state index contributed by atoms with van der Waals surface area (Å²) in [5, 5.41) is 15.8. The molecule has 0 radical (unpaired) electrons. The van der Waals surface area contributed by atoms with Gasteiger partial charge in [0.15, 0.2) is 16.6 Å². The molecule has 0 unspecified atom stereocenters. The van der Waals surface area contributed by atoms with E-state index < -0.39 is 0 Å². The van der Waals surface area contributed by atoms with Crippen molar-refractivity contribution in [1.82, 2.24) is 29.8 Å². The first kappa shape index (κ1) is 9.17. The van der Waals surface area contributed by atoms with Gasteiger partial charge in [0, 0.05) is 18.0 Å². The second-order valence-corrected chi connectivity index (χ2v) is 3.42. The summed E-state index contributed by atoms with van der Waals surface area (Å²) in [6.45, 7) is 0. The van der Waals surface area contributed by atoms with E-state index in [1.807, 2.05) is 0 Å². The molecule has 7 heteroatoms. The number of aromatic nitrogens is 6. The van der Waals surface area contributed by atoms with Crippen LogP contribution in [0, 0.1) is 0 Å². The van der Waals surface area contributed by atoms with E-state index in [4.69, 9.17) is 11.6 Å². The van der Waals surface area contributed by atoms with Crippen LogP contribution in [-0.4, -0.2) is 29.8 Å². The standard InChI is InChI=1S/C9H5ClN6/c10-7-9-15-14-8(16(9)4-3-11-7)6-1-2-12-13-5-6/h1-5H. The van der Waals surface area contributed by atoms with E-state index in [0.717, 1.165) is 5.56 Å². The molecule has 0 amide bonds. The lowest BCUT2D eigenvalue weighted by Gasteiger charge is -1.98. The first-order valence-corrected chi connectivity index (χ1v) is 4.86. The summed E-state index contributed by atoms with van der Waals surface area (Å²) >= 11 is 5.90. The van der Waals surface area contributed by atoms with Gasteiger partial charge < -0.3 is 0 Å². The quantitative estimate of drug-likeness (QED) is 0.631. The molecule has 0 saturated carbocycles. The van der Waals surface area contributed by atoms with Crippen molar-refractivity contribution in [2.45, 2.75) is 0 Å². The van der Waals surface area contributed by atoms with E-state index in [1.54, 1.807) is 35.3 Å². The molecule has 0 spiro atoms. The molecule has 0 aliphatic heterocycles. The van der Waals surface area contributed by atoms with Crippen molar-refractivity contribution in [3.8, 4) is 11.4 Å². The molecule has 0 aromatic carbocycles. The molecule has 3 aromatic rings. The smallest absolute Gasteiger partial charge is 0.198 e. The second-order valence-electron chi connectivity index (χ2n) is 3.07. The molecule has 3 aromatic heterocycles. The third kappa shape index (κ3) is 1.31. The van der Waals surface area contributed by atoms with Crippen LogP contribution in [0.5, 0.6) is 0 Å². The Morgan fingerprint density at radius 1 is 1.12 bits per heavy atom. The summed E-state index contributed by atoms with van der Waals surface area (Å²) < 4.78 is 1.76. The monoisotopic (exact) mass is 232 g/mol. The Labute approximate surface area is 94.9 Å². The van der Waals surface area contributed by atoms with Gasteiger partial charge in [-0.15, -0.1) is 10.2 Å². The van der Waals surface area contributed by atoms with Crippen LogP contribution in [0.15, 0.2) is 30.9 Å². The predicted molar refractivity (Wildman–Crippen MR) is 56.8 cm³/mol. The molecule has 0 fully saturated rings. The number of halogens is 1.